The predicted octanol–water partition coefficient (Wildman–Crippen LogP) is 3.32. The van der Waals surface area contributed by atoms with Crippen molar-refractivity contribution in [3.8, 4) is 0 Å². The van der Waals surface area contributed by atoms with Crippen molar-refractivity contribution >= 4 is 27.7 Å². The summed E-state index contributed by atoms with van der Waals surface area (Å²) in [6, 6.07) is 8.20. The third-order valence-electron chi connectivity index (χ3n) is 1.52. The lowest BCUT2D eigenvalue weighted by atomic mass is 10.4. The van der Waals surface area contributed by atoms with Gasteiger partial charge in [-0.1, -0.05) is 27.7 Å². The minimum absolute atomic E-state index is 1.10. The Bertz CT molecular complexity index is 369. The fourth-order valence-corrected chi connectivity index (χ4v) is 1.96. The lowest BCUT2D eigenvalue weighted by molar-refractivity contribution is 1.09. The van der Waals surface area contributed by atoms with Crippen LogP contribution in [-0.2, 0) is 0 Å². The highest BCUT2D eigenvalue weighted by atomic mass is 79.9. The molecule has 0 unspecified atom stereocenters. The summed E-state index contributed by atoms with van der Waals surface area (Å²) in [5.74, 6) is 0. The Kier molecular flexibility index (Phi) is 2.71. The van der Waals surface area contributed by atoms with Crippen molar-refractivity contribution in [3.05, 3.63) is 41.1 Å². The van der Waals surface area contributed by atoms with E-state index in [0.717, 1.165) is 9.37 Å². The van der Waals surface area contributed by atoms with E-state index in [2.05, 4.69) is 38.3 Å². The van der Waals surface area contributed by atoms with Gasteiger partial charge in [-0.3, -0.25) is 5.10 Å². The van der Waals surface area contributed by atoms with Crippen LogP contribution in [0.5, 0.6) is 0 Å². The number of aromatic amines is 1. The highest BCUT2D eigenvalue weighted by molar-refractivity contribution is 9.10. The molecule has 0 radical (unpaired) electrons. The minimum atomic E-state index is 1.10. The second kappa shape index (κ2) is 3.98. The number of hydrogen-bond donors (Lipinski definition) is 1. The van der Waals surface area contributed by atoms with E-state index in [9.17, 15) is 0 Å². The molecule has 0 aliphatic carbocycles. The molecule has 0 saturated carbocycles. The zero-order valence-corrected chi connectivity index (χ0v) is 9.10. The van der Waals surface area contributed by atoms with Crippen LogP contribution < -0.4 is 0 Å². The molecule has 1 heterocycles. The number of H-pyrrole nitrogens is 1. The molecule has 0 amide bonds. The van der Waals surface area contributed by atoms with Gasteiger partial charge in [-0.05, 0) is 24.3 Å². The first-order chi connectivity index (χ1) is 6.34. The Balaban J connectivity index is 2.15. The number of hydrogen-bond acceptors (Lipinski definition) is 2. The topological polar surface area (TPSA) is 28.7 Å². The average molecular weight is 255 g/mol. The number of nitrogens with one attached hydrogen (secondary N) is 1. The first-order valence-corrected chi connectivity index (χ1v) is 5.38. The first-order valence-electron chi connectivity index (χ1n) is 3.77. The van der Waals surface area contributed by atoms with Gasteiger partial charge in [0.25, 0.3) is 0 Å². The molecule has 0 atom stereocenters. The Morgan fingerprint density at radius 1 is 1.15 bits per heavy atom. The smallest absolute Gasteiger partial charge is 0.0627 e. The zero-order valence-electron chi connectivity index (χ0n) is 6.70. The van der Waals surface area contributed by atoms with E-state index in [1.807, 2.05) is 24.5 Å². The van der Waals surface area contributed by atoms with Gasteiger partial charge in [0.05, 0.1) is 6.20 Å². The second-order valence-corrected chi connectivity index (χ2v) is 4.55. The largest absolute Gasteiger partial charge is 0.285 e. The number of halogens is 1. The van der Waals surface area contributed by atoms with Crippen LogP contribution >= 0.6 is 27.7 Å². The first kappa shape index (κ1) is 8.84. The van der Waals surface area contributed by atoms with Gasteiger partial charge in [0.1, 0.15) is 0 Å². The third kappa shape index (κ3) is 2.35. The highest BCUT2D eigenvalue weighted by Gasteiger charge is 1.97. The zero-order chi connectivity index (χ0) is 9.10. The maximum atomic E-state index is 3.88. The summed E-state index contributed by atoms with van der Waals surface area (Å²) < 4.78 is 1.10. The van der Waals surface area contributed by atoms with Gasteiger partial charge in [-0.2, -0.15) is 5.10 Å². The second-order valence-electron chi connectivity index (χ2n) is 2.49. The summed E-state index contributed by atoms with van der Waals surface area (Å²) in [6.07, 6.45) is 3.69. The van der Waals surface area contributed by atoms with Gasteiger partial charge < -0.3 is 0 Å². The van der Waals surface area contributed by atoms with Crippen LogP contribution in [0.1, 0.15) is 0 Å². The van der Waals surface area contributed by atoms with Crippen LogP contribution in [0.15, 0.2) is 50.9 Å². The normalized spacial score (nSPS) is 10.2. The molecule has 0 aliphatic heterocycles. The molecule has 4 heteroatoms. The Morgan fingerprint density at radius 2 is 1.92 bits per heavy atom. The molecular weight excluding hydrogens is 248 g/mol. The molecule has 66 valence electrons. The Morgan fingerprint density at radius 3 is 2.54 bits per heavy atom. The van der Waals surface area contributed by atoms with Crippen molar-refractivity contribution in [1.82, 2.24) is 10.2 Å². The maximum Gasteiger partial charge on any atom is 0.0627 e. The molecule has 0 spiro atoms. The molecule has 0 aliphatic rings. The number of nitrogens with zero attached hydrogens (tertiary/aromatic N) is 1. The average Bonchev–Trinajstić information content (AvgIpc) is 2.62. The fourth-order valence-electron chi connectivity index (χ4n) is 0.934. The number of rotatable bonds is 2. The molecular formula is C9H7BrN2S. The SMILES string of the molecule is Brc1ccc(Sc2cn[nH]c2)cc1. The van der Waals surface area contributed by atoms with E-state index in [4.69, 9.17) is 0 Å². The molecule has 13 heavy (non-hydrogen) atoms. The molecule has 0 bridgehead atoms. The van der Waals surface area contributed by atoms with E-state index in [-0.39, 0.29) is 0 Å². The monoisotopic (exact) mass is 254 g/mol. The van der Waals surface area contributed by atoms with Crippen LogP contribution in [0, 0.1) is 0 Å². The van der Waals surface area contributed by atoms with E-state index in [0.29, 0.717) is 0 Å². The number of benzene rings is 1. The van der Waals surface area contributed by atoms with E-state index in [1.54, 1.807) is 11.8 Å². The van der Waals surface area contributed by atoms with Crippen molar-refractivity contribution < 1.29 is 0 Å². The molecule has 1 N–H and O–H groups in total. The van der Waals surface area contributed by atoms with Crippen molar-refractivity contribution in [2.24, 2.45) is 0 Å². The van der Waals surface area contributed by atoms with Crippen LogP contribution in [0.2, 0.25) is 0 Å². The summed E-state index contributed by atoms with van der Waals surface area (Å²) in [5.41, 5.74) is 0. The van der Waals surface area contributed by atoms with Crippen LogP contribution in [0.3, 0.4) is 0 Å². The van der Waals surface area contributed by atoms with E-state index < -0.39 is 0 Å². The molecule has 2 aromatic rings. The van der Waals surface area contributed by atoms with Crippen molar-refractivity contribution in [3.63, 3.8) is 0 Å². The standard InChI is InChI=1S/C9H7BrN2S/c10-7-1-3-8(4-2-7)13-9-5-11-12-6-9/h1-6H,(H,11,12). The quantitative estimate of drug-likeness (QED) is 0.891. The number of aromatic nitrogens is 2. The molecule has 2 nitrogen and oxygen atoms in total. The van der Waals surface area contributed by atoms with Crippen molar-refractivity contribution in [2.75, 3.05) is 0 Å². The summed E-state index contributed by atoms with van der Waals surface area (Å²) in [5, 5.41) is 6.66. The molecule has 1 aromatic heterocycles. The fraction of sp³-hybridized carbons (Fsp3) is 0. The summed E-state index contributed by atoms with van der Waals surface area (Å²) >= 11 is 5.08. The van der Waals surface area contributed by atoms with Crippen LogP contribution in [0.25, 0.3) is 0 Å². The highest BCUT2D eigenvalue weighted by Crippen LogP contribution is 2.27. The lowest BCUT2D eigenvalue weighted by Crippen LogP contribution is -1.69. The summed E-state index contributed by atoms with van der Waals surface area (Å²) in [4.78, 5) is 2.34. The predicted molar refractivity (Wildman–Crippen MR) is 56.9 cm³/mol. The minimum Gasteiger partial charge on any atom is -0.285 e. The molecule has 1 aromatic carbocycles. The summed E-state index contributed by atoms with van der Waals surface area (Å²) in [6.45, 7) is 0. The van der Waals surface area contributed by atoms with E-state index in [1.165, 1.54) is 4.90 Å². The van der Waals surface area contributed by atoms with Crippen LogP contribution in [0.4, 0.5) is 0 Å². The third-order valence-corrected chi connectivity index (χ3v) is 3.02. The van der Waals surface area contributed by atoms with Gasteiger partial charge in [0.15, 0.2) is 0 Å². The maximum absolute atomic E-state index is 3.88. The van der Waals surface area contributed by atoms with Gasteiger partial charge >= 0.3 is 0 Å². The van der Waals surface area contributed by atoms with Crippen molar-refractivity contribution in [2.45, 2.75) is 9.79 Å². The van der Waals surface area contributed by atoms with Crippen molar-refractivity contribution in [1.29, 1.82) is 0 Å². The van der Waals surface area contributed by atoms with Gasteiger partial charge in [-0.25, -0.2) is 0 Å². The van der Waals surface area contributed by atoms with Crippen LogP contribution in [-0.4, -0.2) is 10.2 Å². The lowest BCUT2D eigenvalue weighted by Gasteiger charge is -1.97. The molecule has 0 fully saturated rings. The van der Waals surface area contributed by atoms with Gasteiger partial charge in [0.2, 0.25) is 0 Å². The van der Waals surface area contributed by atoms with Gasteiger partial charge in [-0.15, -0.1) is 0 Å². The Hall–Kier alpha value is -0.740. The van der Waals surface area contributed by atoms with E-state index >= 15 is 0 Å². The van der Waals surface area contributed by atoms with Gasteiger partial charge in [0, 0.05) is 20.5 Å². The molecule has 2 rings (SSSR count). The Labute approximate surface area is 88.9 Å². The summed E-state index contributed by atoms with van der Waals surface area (Å²) in [7, 11) is 0. The molecule has 0 saturated heterocycles.